The first-order valence-electron chi connectivity index (χ1n) is 3.00. The molecule has 3 nitrogen and oxygen atoms in total. The van der Waals surface area contributed by atoms with Crippen molar-refractivity contribution in [3.63, 3.8) is 0 Å². The van der Waals surface area contributed by atoms with Gasteiger partial charge in [0.25, 0.3) is 0 Å². The fourth-order valence-corrected chi connectivity index (χ4v) is 0.489. The first kappa shape index (κ1) is 5.65. The van der Waals surface area contributed by atoms with Gasteiger partial charge in [0, 0.05) is 0 Å². The smallest absolute Gasteiger partial charge is 0.115 e. The predicted octanol–water partition coefficient (Wildman–Crippen LogP) is 0.124. The van der Waals surface area contributed by atoms with E-state index in [2.05, 4.69) is 0 Å². The Labute approximate surface area is 53.9 Å². The van der Waals surface area contributed by atoms with Gasteiger partial charge in [-0.3, -0.25) is 0 Å². The molecule has 0 amide bonds. The van der Waals surface area contributed by atoms with E-state index in [1.807, 2.05) is 0 Å². The Bertz CT molecular complexity index is 84.5. The summed E-state index contributed by atoms with van der Waals surface area (Å²) in [5.74, 6) is 0. The Morgan fingerprint density at radius 3 is 1.89 bits per heavy atom. The zero-order chi connectivity index (χ0) is 6.10. The van der Waals surface area contributed by atoms with Crippen LogP contribution in [0.2, 0.25) is 0 Å². The summed E-state index contributed by atoms with van der Waals surface area (Å²) < 4.78 is 14.7. The Balaban J connectivity index is 1.46. The molecule has 2 aliphatic heterocycles. The van der Waals surface area contributed by atoms with Crippen molar-refractivity contribution in [2.24, 2.45) is 0 Å². The summed E-state index contributed by atoms with van der Waals surface area (Å²) in [4.78, 5) is 0. The minimum atomic E-state index is 0.236. The first-order valence-corrected chi connectivity index (χ1v) is 3.00. The van der Waals surface area contributed by atoms with E-state index < -0.39 is 0 Å². The fourth-order valence-electron chi connectivity index (χ4n) is 0.489. The maximum absolute atomic E-state index is 4.98. The monoisotopic (exact) mass is 128 g/mol. The molecule has 0 spiro atoms. The van der Waals surface area contributed by atoms with Crippen LogP contribution in [0.5, 0.6) is 0 Å². The van der Waals surface area contributed by atoms with Gasteiger partial charge in [0.05, 0.1) is 13.2 Å². The number of ether oxygens (including phenoxy) is 3. The molecule has 0 aromatic rings. The van der Waals surface area contributed by atoms with Crippen LogP contribution in [0.15, 0.2) is 0 Å². The number of hydrogen-bond donors (Lipinski definition) is 0. The zero-order valence-corrected chi connectivity index (χ0v) is 4.95. The second-order valence-electron chi connectivity index (χ2n) is 2.15. The highest BCUT2D eigenvalue weighted by molar-refractivity contribution is 4.84. The lowest BCUT2D eigenvalue weighted by atomic mass is 10.5. The van der Waals surface area contributed by atoms with E-state index in [0.29, 0.717) is 0 Å². The molecule has 0 aromatic heterocycles. The van der Waals surface area contributed by atoms with Crippen LogP contribution in [0.1, 0.15) is 0 Å². The third kappa shape index (κ3) is 1.93. The van der Waals surface area contributed by atoms with Crippen LogP contribution < -0.4 is 0 Å². The molecule has 0 aliphatic carbocycles. The third-order valence-corrected chi connectivity index (χ3v) is 1.18. The maximum Gasteiger partial charge on any atom is 0.115 e. The lowest BCUT2D eigenvalue weighted by molar-refractivity contribution is 0.213. The molecule has 2 atom stereocenters. The van der Waals surface area contributed by atoms with E-state index in [1.54, 1.807) is 13.2 Å². The van der Waals surface area contributed by atoms with Gasteiger partial charge >= 0.3 is 0 Å². The summed E-state index contributed by atoms with van der Waals surface area (Å²) in [6.07, 6.45) is 0.472. The average molecular weight is 128 g/mol. The Kier molecular flexibility index (Phi) is 1.41. The van der Waals surface area contributed by atoms with Gasteiger partial charge in [-0.2, -0.15) is 0 Å². The van der Waals surface area contributed by atoms with Gasteiger partial charge < -0.3 is 14.2 Å². The van der Waals surface area contributed by atoms with E-state index in [1.165, 1.54) is 0 Å². The maximum atomic E-state index is 4.98. The van der Waals surface area contributed by atoms with E-state index in [9.17, 15) is 0 Å². The second-order valence-corrected chi connectivity index (χ2v) is 2.15. The molecule has 0 N–H and O–H groups in total. The first-order chi connectivity index (χ1) is 4.45. The Hall–Kier alpha value is -0.120. The molecule has 2 fully saturated rings. The third-order valence-electron chi connectivity index (χ3n) is 1.18. The molecule has 2 rings (SSSR count). The second kappa shape index (κ2) is 2.25. The number of rotatable bonds is 4. The summed E-state index contributed by atoms with van der Waals surface area (Å²) in [5.41, 5.74) is 0. The average Bonchev–Trinajstić information content (AvgIpc) is 2.57. The molecule has 2 aliphatic rings. The molecule has 3 heteroatoms. The minimum absolute atomic E-state index is 0.236. The zero-order valence-electron chi connectivity index (χ0n) is 4.95. The van der Waals surface area contributed by atoms with Gasteiger partial charge in [0.15, 0.2) is 0 Å². The van der Waals surface area contributed by atoms with E-state index in [0.717, 1.165) is 13.2 Å². The number of hydrogen-bond acceptors (Lipinski definition) is 3. The van der Waals surface area contributed by atoms with Gasteiger partial charge in [-0.15, -0.1) is 0 Å². The molecule has 2 unspecified atom stereocenters. The summed E-state index contributed by atoms with van der Waals surface area (Å²) in [6.45, 7) is 4.97. The fraction of sp³-hybridized carbons (Fsp3) is 0.667. The van der Waals surface area contributed by atoms with E-state index in [4.69, 9.17) is 14.2 Å². The molecular formula is C6H8O3. The van der Waals surface area contributed by atoms with Gasteiger partial charge in [-0.1, -0.05) is 0 Å². The molecule has 2 radical (unpaired) electrons. The van der Waals surface area contributed by atoms with E-state index >= 15 is 0 Å². The molecule has 0 bridgehead atoms. The molecule has 2 saturated heterocycles. The van der Waals surface area contributed by atoms with Crippen LogP contribution in [-0.2, 0) is 14.2 Å². The molecule has 50 valence electrons. The van der Waals surface area contributed by atoms with Crippen molar-refractivity contribution in [3.8, 4) is 0 Å². The van der Waals surface area contributed by atoms with Crippen LogP contribution >= 0.6 is 0 Å². The quantitative estimate of drug-likeness (QED) is 0.504. The molecule has 0 saturated carbocycles. The van der Waals surface area contributed by atoms with Crippen LogP contribution in [0, 0.1) is 13.2 Å². The highest BCUT2D eigenvalue weighted by Gasteiger charge is 2.27. The summed E-state index contributed by atoms with van der Waals surface area (Å²) in [7, 11) is 0. The molecule has 0 aromatic carbocycles. The molecular weight excluding hydrogens is 120 g/mol. The van der Waals surface area contributed by atoms with Gasteiger partial charge in [-0.25, -0.2) is 0 Å². The van der Waals surface area contributed by atoms with E-state index in [-0.39, 0.29) is 12.2 Å². The standard InChI is InChI=1S/C6H8O3/c1(5-3-8-5)7-2-6-4-9-6/h1-2,5-6H,3-4H2. The van der Waals surface area contributed by atoms with Crippen molar-refractivity contribution in [2.75, 3.05) is 13.2 Å². The van der Waals surface area contributed by atoms with Gasteiger partial charge in [-0.05, 0) is 0 Å². The lowest BCUT2D eigenvalue weighted by Gasteiger charge is -1.93. The van der Waals surface area contributed by atoms with Crippen molar-refractivity contribution in [1.82, 2.24) is 0 Å². The van der Waals surface area contributed by atoms with Crippen LogP contribution in [0.4, 0.5) is 0 Å². The highest BCUT2D eigenvalue weighted by atomic mass is 16.6. The molecule has 9 heavy (non-hydrogen) atoms. The van der Waals surface area contributed by atoms with Crippen LogP contribution in [-0.4, -0.2) is 25.4 Å². The summed E-state index contributed by atoms with van der Waals surface area (Å²) in [5, 5.41) is 0. The van der Waals surface area contributed by atoms with Crippen molar-refractivity contribution >= 4 is 0 Å². The summed E-state index contributed by atoms with van der Waals surface area (Å²) >= 11 is 0. The Morgan fingerprint density at radius 1 is 1.11 bits per heavy atom. The van der Waals surface area contributed by atoms with Crippen LogP contribution in [0.25, 0.3) is 0 Å². The van der Waals surface area contributed by atoms with Crippen molar-refractivity contribution in [2.45, 2.75) is 12.2 Å². The molecule has 2 heterocycles. The SMILES string of the molecule is [CH](O[CH]C1CO1)C1CO1. The lowest BCUT2D eigenvalue weighted by Crippen LogP contribution is -1.95. The normalized spacial score (nSPS) is 38.7. The van der Waals surface area contributed by atoms with Gasteiger partial charge in [0.2, 0.25) is 0 Å². The van der Waals surface area contributed by atoms with Gasteiger partial charge in [0.1, 0.15) is 25.4 Å². The summed E-state index contributed by atoms with van der Waals surface area (Å²) in [6, 6.07) is 0. The minimum Gasteiger partial charge on any atom is -0.370 e. The number of epoxide rings is 2. The van der Waals surface area contributed by atoms with Crippen molar-refractivity contribution in [3.05, 3.63) is 13.2 Å². The Morgan fingerprint density at radius 2 is 1.56 bits per heavy atom. The van der Waals surface area contributed by atoms with Crippen molar-refractivity contribution < 1.29 is 14.2 Å². The predicted molar refractivity (Wildman–Crippen MR) is 29.2 cm³/mol. The van der Waals surface area contributed by atoms with Crippen molar-refractivity contribution in [1.29, 1.82) is 0 Å². The topological polar surface area (TPSA) is 34.3 Å². The van der Waals surface area contributed by atoms with Crippen LogP contribution in [0.3, 0.4) is 0 Å². The largest absolute Gasteiger partial charge is 0.370 e. The highest BCUT2D eigenvalue weighted by Crippen LogP contribution is 2.17.